The van der Waals surface area contributed by atoms with Crippen molar-refractivity contribution in [2.45, 2.75) is 39.5 Å². The van der Waals surface area contributed by atoms with E-state index in [2.05, 4.69) is 45.6 Å². The second kappa shape index (κ2) is 9.04. The Kier molecular flexibility index (Phi) is 7.38. The van der Waals surface area contributed by atoms with Gasteiger partial charge in [0, 0.05) is 12.3 Å². The van der Waals surface area contributed by atoms with Crippen LogP contribution in [0.15, 0.2) is 60.2 Å². The number of aryl methyl sites for hydroxylation is 1. The number of methoxy groups -OCH3 is 1. The van der Waals surface area contributed by atoms with Gasteiger partial charge >= 0.3 is 5.97 Å². The number of carbonyl (C=O) groups excluding carboxylic acids is 1. The normalized spacial score (nSPS) is 12.0. The van der Waals surface area contributed by atoms with Gasteiger partial charge in [-0.1, -0.05) is 54.6 Å². The molecule has 0 aliphatic heterocycles. The minimum atomic E-state index is -0.167. The Hall–Kier alpha value is -2.09. The molecule has 1 rings (SSSR count). The first-order chi connectivity index (χ1) is 10.5. The second-order valence-corrected chi connectivity index (χ2v) is 5.57. The van der Waals surface area contributed by atoms with Crippen molar-refractivity contribution in [3.63, 3.8) is 0 Å². The van der Waals surface area contributed by atoms with Gasteiger partial charge in [-0.15, -0.1) is 0 Å². The predicted molar refractivity (Wildman–Crippen MR) is 92.9 cm³/mol. The standard InChI is InChI=1S/C20H26O2/c1-6-7-11-17(15(2)3)19(13-14-20(21)22-5)18-12-9-8-10-16(18)4/h6-12,19H,1,13-14H2,2-5H3/b11-7-. The van der Waals surface area contributed by atoms with Crippen LogP contribution in [-0.2, 0) is 9.53 Å². The van der Waals surface area contributed by atoms with Gasteiger partial charge in [0.05, 0.1) is 7.11 Å². The SMILES string of the molecule is C=C/C=C\C(=C(C)C)C(CCC(=O)OC)c1ccccc1C. The average Bonchev–Trinajstić information content (AvgIpc) is 2.50. The molecule has 0 aliphatic rings. The summed E-state index contributed by atoms with van der Waals surface area (Å²) in [6.07, 6.45) is 6.97. The third kappa shape index (κ3) is 5.03. The summed E-state index contributed by atoms with van der Waals surface area (Å²) in [6, 6.07) is 8.34. The van der Waals surface area contributed by atoms with Crippen molar-refractivity contribution in [2.24, 2.45) is 0 Å². The van der Waals surface area contributed by atoms with Gasteiger partial charge in [-0.2, -0.15) is 0 Å². The molecule has 0 aliphatic carbocycles. The van der Waals surface area contributed by atoms with E-state index in [9.17, 15) is 4.79 Å². The first-order valence-electron chi connectivity index (χ1n) is 7.60. The maximum Gasteiger partial charge on any atom is 0.305 e. The highest BCUT2D eigenvalue weighted by Gasteiger charge is 2.19. The Morgan fingerprint density at radius 2 is 2.00 bits per heavy atom. The molecular formula is C20H26O2. The predicted octanol–water partition coefficient (Wildman–Crippen LogP) is 5.11. The van der Waals surface area contributed by atoms with E-state index in [1.807, 2.05) is 18.2 Å². The molecule has 1 unspecified atom stereocenters. The fraction of sp³-hybridized carbons (Fsp3) is 0.350. The zero-order valence-electron chi connectivity index (χ0n) is 14.1. The van der Waals surface area contributed by atoms with Crippen LogP contribution < -0.4 is 0 Å². The van der Waals surface area contributed by atoms with Crippen molar-refractivity contribution in [1.82, 2.24) is 0 Å². The Bertz CT molecular complexity index is 575. The Morgan fingerprint density at radius 3 is 2.55 bits per heavy atom. The zero-order chi connectivity index (χ0) is 16.5. The van der Waals surface area contributed by atoms with Crippen LogP contribution in [0.4, 0.5) is 0 Å². The number of rotatable bonds is 7. The lowest BCUT2D eigenvalue weighted by Gasteiger charge is -2.22. The van der Waals surface area contributed by atoms with Gasteiger partial charge in [0.25, 0.3) is 0 Å². The molecule has 1 aromatic carbocycles. The number of carbonyl (C=O) groups is 1. The molecule has 2 heteroatoms. The number of benzene rings is 1. The fourth-order valence-electron chi connectivity index (χ4n) is 2.62. The van der Waals surface area contributed by atoms with E-state index < -0.39 is 0 Å². The van der Waals surface area contributed by atoms with Gasteiger partial charge in [0.1, 0.15) is 0 Å². The molecule has 0 spiro atoms. The van der Waals surface area contributed by atoms with Crippen molar-refractivity contribution < 1.29 is 9.53 Å². The third-order valence-corrected chi connectivity index (χ3v) is 3.79. The van der Waals surface area contributed by atoms with E-state index in [1.54, 1.807) is 6.08 Å². The van der Waals surface area contributed by atoms with Gasteiger partial charge in [0.2, 0.25) is 0 Å². The molecule has 2 nitrogen and oxygen atoms in total. The number of allylic oxidation sites excluding steroid dienone is 5. The van der Waals surface area contributed by atoms with Crippen LogP contribution in [0.25, 0.3) is 0 Å². The van der Waals surface area contributed by atoms with Crippen molar-refractivity contribution in [3.8, 4) is 0 Å². The molecule has 1 atom stereocenters. The first-order valence-corrected chi connectivity index (χ1v) is 7.60. The summed E-state index contributed by atoms with van der Waals surface area (Å²) in [4.78, 5) is 11.6. The lowest BCUT2D eigenvalue weighted by molar-refractivity contribution is -0.140. The molecule has 22 heavy (non-hydrogen) atoms. The van der Waals surface area contributed by atoms with E-state index in [4.69, 9.17) is 4.74 Å². The van der Waals surface area contributed by atoms with Crippen LogP contribution in [0, 0.1) is 6.92 Å². The molecule has 0 saturated heterocycles. The summed E-state index contributed by atoms with van der Waals surface area (Å²) in [6.45, 7) is 10.1. The highest BCUT2D eigenvalue weighted by atomic mass is 16.5. The summed E-state index contributed by atoms with van der Waals surface area (Å²) >= 11 is 0. The molecule has 0 aromatic heterocycles. The number of ether oxygens (including phenoxy) is 1. The first kappa shape index (κ1) is 18.0. The third-order valence-electron chi connectivity index (χ3n) is 3.79. The largest absolute Gasteiger partial charge is 0.469 e. The minimum Gasteiger partial charge on any atom is -0.469 e. The molecular weight excluding hydrogens is 272 g/mol. The van der Waals surface area contributed by atoms with Crippen LogP contribution in [0.5, 0.6) is 0 Å². The lowest BCUT2D eigenvalue weighted by atomic mass is 9.82. The fourth-order valence-corrected chi connectivity index (χ4v) is 2.62. The Labute approximate surface area is 134 Å². The second-order valence-electron chi connectivity index (χ2n) is 5.57. The van der Waals surface area contributed by atoms with Gasteiger partial charge in [-0.05, 0) is 43.9 Å². The summed E-state index contributed by atoms with van der Waals surface area (Å²) in [7, 11) is 1.44. The van der Waals surface area contributed by atoms with Crippen molar-refractivity contribution in [2.75, 3.05) is 7.11 Å². The molecule has 0 saturated carbocycles. The smallest absolute Gasteiger partial charge is 0.305 e. The summed E-state index contributed by atoms with van der Waals surface area (Å²) in [5, 5.41) is 0. The summed E-state index contributed by atoms with van der Waals surface area (Å²) in [5.74, 6) is 0.0147. The van der Waals surface area contributed by atoms with Crippen molar-refractivity contribution >= 4 is 5.97 Å². The molecule has 1 aromatic rings. The topological polar surface area (TPSA) is 26.3 Å². The van der Waals surface area contributed by atoms with Crippen LogP contribution in [0.3, 0.4) is 0 Å². The maximum absolute atomic E-state index is 11.6. The van der Waals surface area contributed by atoms with E-state index in [-0.39, 0.29) is 11.9 Å². The molecule has 0 bridgehead atoms. The summed E-state index contributed by atoms with van der Waals surface area (Å²) in [5.41, 5.74) is 4.98. The van der Waals surface area contributed by atoms with Crippen LogP contribution in [0.1, 0.15) is 43.7 Å². The zero-order valence-corrected chi connectivity index (χ0v) is 14.1. The highest BCUT2D eigenvalue weighted by Crippen LogP contribution is 2.34. The molecule has 0 heterocycles. The quantitative estimate of drug-likeness (QED) is 0.516. The van der Waals surface area contributed by atoms with Crippen LogP contribution >= 0.6 is 0 Å². The molecule has 0 N–H and O–H groups in total. The van der Waals surface area contributed by atoms with E-state index in [0.717, 1.165) is 6.42 Å². The Morgan fingerprint density at radius 1 is 1.32 bits per heavy atom. The van der Waals surface area contributed by atoms with E-state index >= 15 is 0 Å². The average molecular weight is 298 g/mol. The van der Waals surface area contributed by atoms with Gasteiger partial charge in [-0.25, -0.2) is 0 Å². The van der Waals surface area contributed by atoms with E-state index in [1.165, 1.54) is 29.4 Å². The molecule has 0 radical (unpaired) electrons. The molecule has 0 amide bonds. The maximum atomic E-state index is 11.6. The molecule has 0 fully saturated rings. The monoisotopic (exact) mass is 298 g/mol. The number of hydrogen-bond acceptors (Lipinski definition) is 2. The minimum absolute atomic E-state index is 0.167. The Balaban J connectivity index is 3.23. The van der Waals surface area contributed by atoms with Gasteiger partial charge in [-0.3, -0.25) is 4.79 Å². The van der Waals surface area contributed by atoms with E-state index in [0.29, 0.717) is 6.42 Å². The van der Waals surface area contributed by atoms with Crippen LogP contribution in [-0.4, -0.2) is 13.1 Å². The highest BCUT2D eigenvalue weighted by molar-refractivity contribution is 5.69. The summed E-state index contributed by atoms with van der Waals surface area (Å²) < 4.78 is 4.80. The van der Waals surface area contributed by atoms with Crippen molar-refractivity contribution in [3.05, 3.63) is 71.3 Å². The van der Waals surface area contributed by atoms with Crippen molar-refractivity contribution in [1.29, 1.82) is 0 Å². The number of esters is 1. The number of hydrogen-bond donors (Lipinski definition) is 0. The lowest BCUT2D eigenvalue weighted by Crippen LogP contribution is -2.09. The van der Waals surface area contributed by atoms with Crippen LogP contribution in [0.2, 0.25) is 0 Å². The van der Waals surface area contributed by atoms with Gasteiger partial charge in [0.15, 0.2) is 0 Å². The van der Waals surface area contributed by atoms with Gasteiger partial charge < -0.3 is 4.74 Å². The molecule has 118 valence electrons.